The minimum absolute atomic E-state index is 0.0680. The highest BCUT2D eigenvalue weighted by molar-refractivity contribution is 5.77. The van der Waals surface area contributed by atoms with E-state index < -0.39 is 123 Å². The van der Waals surface area contributed by atoms with Crippen molar-refractivity contribution in [3.63, 3.8) is 0 Å². The lowest BCUT2D eigenvalue weighted by Crippen LogP contribution is -2.68. The molecule has 4 aliphatic rings. The topological polar surface area (TPSA) is 356 Å². The fraction of sp³-hybridized carbons (Fsp3) is 0.781. The Morgan fingerprint density at radius 1 is 0.712 bits per heavy atom. The number of carbonyl (C=O) groups excluding carboxylic acids is 1. The summed E-state index contributed by atoms with van der Waals surface area (Å²) >= 11 is 0. The molecule has 0 aromatic heterocycles. The zero-order chi connectivity index (χ0) is 37.9. The van der Waals surface area contributed by atoms with E-state index in [2.05, 4.69) is 5.32 Å². The van der Waals surface area contributed by atoms with Gasteiger partial charge < -0.3 is 98.2 Å². The van der Waals surface area contributed by atoms with Crippen molar-refractivity contribution in [3.8, 4) is 0 Å². The van der Waals surface area contributed by atoms with Crippen LogP contribution in [0.15, 0.2) is 24.3 Å². The number of nitrogens with one attached hydrogen (secondary N) is 1. The number of carbonyl (C=O) groups is 1. The smallest absolute Gasteiger partial charge is 0.187 e. The molecule has 0 spiro atoms. The summed E-state index contributed by atoms with van der Waals surface area (Å²) in [7, 11) is 0. The quantitative estimate of drug-likeness (QED) is 0.0621. The van der Waals surface area contributed by atoms with E-state index in [9.17, 15) is 40.5 Å². The molecule has 52 heavy (non-hydrogen) atoms. The van der Waals surface area contributed by atoms with Gasteiger partial charge in [0.1, 0.15) is 73.4 Å². The van der Waals surface area contributed by atoms with Crippen molar-refractivity contribution in [1.29, 1.82) is 0 Å². The van der Waals surface area contributed by atoms with Crippen molar-refractivity contribution in [2.45, 2.75) is 129 Å². The number of hydrogen-bond donors (Lipinski definition) is 13. The molecule has 1 aromatic carbocycles. The Balaban J connectivity index is 1.25. The zero-order valence-electron chi connectivity index (χ0n) is 28.5. The van der Waals surface area contributed by atoms with E-state index in [1.807, 2.05) is 12.1 Å². The van der Waals surface area contributed by atoms with Crippen LogP contribution in [0.25, 0.3) is 0 Å². The summed E-state index contributed by atoms with van der Waals surface area (Å²) in [5.41, 5.74) is 31.9. The molecule has 296 valence electrons. The van der Waals surface area contributed by atoms with E-state index in [1.54, 1.807) is 12.1 Å². The van der Waals surface area contributed by atoms with Crippen molar-refractivity contribution >= 4 is 6.29 Å². The number of ether oxygens (including phenoxy) is 6. The van der Waals surface area contributed by atoms with Crippen LogP contribution >= 0.6 is 0 Å². The number of benzene rings is 1. The van der Waals surface area contributed by atoms with Crippen molar-refractivity contribution in [1.82, 2.24) is 5.32 Å². The molecular formula is C32H54N6O14. The number of hydrogen-bond acceptors (Lipinski definition) is 20. The third kappa shape index (κ3) is 8.81. The maximum atomic E-state index is 11.3. The maximum absolute atomic E-state index is 11.3. The van der Waals surface area contributed by atoms with Crippen molar-refractivity contribution in [3.05, 3.63) is 35.4 Å². The molecule has 20 heteroatoms. The Hall–Kier alpha value is -1.87. The summed E-state index contributed by atoms with van der Waals surface area (Å²) in [6.45, 7) is -0.354. The Bertz CT molecular complexity index is 1290. The van der Waals surface area contributed by atoms with Gasteiger partial charge in [-0.15, -0.1) is 0 Å². The van der Waals surface area contributed by atoms with Crippen LogP contribution in [0.3, 0.4) is 0 Å². The van der Waals surface area contributed by atoms with Gasteiger partial charge in [0.25, 0.3) is 0 Å². The van der Waals surface area contributed by atoms with Crippen LogP contribution in [0.4, 0.5) is 0 Å². The molecule has 4 fully saturated rings. The summed E-state index contributed by atoms with van der Waals surface area (Å²) in [5.74, 6) is 0. The van der Waals surface area contributed by atoms with Crippen LogP contribution in [-0.4, -0.2) is 185 Å². The highest BCUT2D eigenvalue weighted by Gasteiger charge is 2.54. The first-order valence-corrected chi connectivity index (χ1v) is 17.4. The minimum Gasteiger partial charge on any atom is -0.394 e. The predicted molar refractivity (Wildman–Crippen MR) is 178 cm³/mol. The molecule has 5 rings (SSSR count). The maximum Gasteiger partial charge on any atom is 0.187 e. The van der Waals surface area contributed by atoms with Gasteiger partial charge >= 0.3 is 0 Å². The molecule has 0 radical (unpaired) electrons. The average Bonchev–Trinajstić information content (AvgIpc) is 3.44. The SMILES string of the molecule is NC[C@@H]1O[C@H](O[C@H]2[C@@H](O)[C@H](O[C@@H]3[C@@H](O)[C@H](N)C[C@H](N)[C@H]3O[C@H]3O[C@H](CNCCc4ccccc4C=O)[C@@H](O)[C@H](O)[C@H]3N)O[C@@H]2CO)[C@H](N)[C@@H](O)[C@@H]1O. The van der Waals surface area contributed by atoms with Crippen LogP contribution in [0.1, 0.15) is 22.3 Å². The number of aldehydes is 1. The van der Waals surface area contributed by atoms with Gasteiger partial charge in [0.15, 0.2) is 18.9 Å². The second-order valence-electron chi connectivity index (χ2n) is 13.8. The number of aliphatic hydroxyl groups is 7. The van der Waals surface area contributed by atoms with Crippen LogP contribution in [0.5, 0.6) is 0 Å². The number of rotatable bonds is 14. The average molecular weight is 747 g/mol. The summed E-state index contributed by atoms with van der Waals surface area (Å²) in [6.07, 6.45) is -18.9. The van der Waals surface area contributed by atoms with Crippen molar-refractivity contribution in [2.75, 3.05) is 26.2 Å². The predicted octanol–water partition coefficient (Wildman–Crippen LogP) is -7.21. The minimum atomic E-state index is -1.63. The van der Waals surface area contributed by atoms with Gasteiger partial charge in [0, 0.05) is 30.7 Å². The molecule has 1 aromatic rings. The molecule has 3 aliphatic heterocycles. The molecule has 0 amide bonds. The summed E-state index contributed by atoms with van der Waals surface area (Å²) < 4.78 is 35.5. The first-order chi connectivity index (χ1) is 24.8. The molecule has 19 atom stereocenters. The molecule has 1 saturated carbocycles. The lowest BCUT2D eigenvalue weighted by molar-refractivity contribution is -0.307. The van der Waals surface area contributed by atoms with Gasteiger partial charge in [-0.05, 0) is 24.9 Å². The van der Waals surface area contributed by atoms with E-state index in [0.29, 0.717) is 18.5 Å². The summed E-state index contributed by atoms with van der Waals surface area (Å²) in [5, 5.41) is 77.9. The fourth-order valence-electron chi connectivity index (χ4n) is 7.06. The standard InChI is InChI=1S/C32H54N6O14/c33-8-16-22(42)24(44)19(36)30(47-16)51-28-18(11-40)49-32(26(28)46)52-29-21(41)14(34)7-15(35)27(29)50-31-20(37)25(45)23(43)17(48-31)9-38-6-5-12-3-1-2-4-13(12)10-39/h1-4,10,14-32,38,40-46H,5-9,11,33-37H2/t14-,15+,16+,17-,18-,19-,20-,21+,22-,23-,24-,25-,26-,27-,28-,29-,30-,31-,32+/m1/s1. The van der Waals surface area contributed by atoms with Crippen molar-refractivity contribution in [2.24, 2.45) is 28.7 Å². The van der Waals surface area contributed by atoms with Crippen LogP contribution in [0, 0.1) is 0 Å². The lowest BCUT2D eigenvalue weighted by Gasteiger charge is -2.47. The van der Waals surface area contributed by atoms with E-state index in [4.69, 9.17) is 57.1 Å². The Morgan fingerprint density at radius 3 is 1.92 bits per heavy atom. The van der Waals surface area contributed by atoms with E-state index in [0.717, 1.165) is 11.8 Å². The third-order valence-corrected chi connectivity index (χ3v) is 10.2. The van der Waals surface area contributed by atoms with Gasteiger partial charge in [-0.25, -0.2) is 0 Å². The molecule has 1 aliphatic carbocycles. The van der Waals surface area contributed by atoms with Gasteiger partial charge in [-0.1, -0.05) is 24.3 Å². The van der Waals surface area contributed by atoms with Gasteiger partial charge in [0.2, 0.25) is 0 Å². The Kier molecular flexibility index (Phi) is 14.4. The van der Waals surface area contributed by atoms with Gasteiger partial charge in [-0.3, -0.25) is 4.79 Å². The molecule has 18 N–H and O–H groups in total. The van der Waals surface area contributed by atoms with Crippen LogP contribution in [0.2, 0.25) is 0 Å². The number of aliphatic hydroxyl groups excluding tert-OH is 7. The number of nitrogens with two attached hydrogens (primary N) is 5. The normalized spacial score (nSPS) is 45.6. The van der Waals surface area contributed by atoms with E-state index in [1.165, 1.54) is 0 Å². The zero-order valence-corrected chi connectivity index (χ0v) is 28.5. The van der Waals surface area contributed by atoms with Crippen LogP contribution < -0.4 is 34.0 Å². The molecule has 20 nitrogen and oxygen atoms in total. The first-order valence-electron chi connectivity index (χ1n) is 17.4. The fourth-order valence-corrected chi connectivity index (χ4v) is 7.06. The highest BCUT2D eigenvalue weighted by atomic mass is 16.8. The summed E-state index contributed by atoms with van der Waals surface area (Å²) in [4.78, 5) is 11.3. The largest absolute Gasteiger partial charge is 0.394 e. The molecule has 3 saturated heterocycles. The molecule has 3 heterocycles. The Labute approximate surface area is 300 Å². The van der Waals surface area contributed by atoms with E-state index in [-0.39, 0.29) is 19.5 Å². The van der Waals surface area contributed by atoms with Crippen molar-refractivity contribution < 1.29 is 69.0 Å². The molecular weight excluding hydrogens is 692 g/mol. The highest BCUT2D eigenvalue weighted by Crippen LogP contribution is 2.34. The second-order valence-corrected chi connectivity index (χ2v) is 13.8. The summed E-state index contributed by atoms with van der Waals surface area (Å²) in [6, 6.07) is 2.82. The van der Waals surface area contributed by atoms with Gasteiger partial charge in [-0.2, -0.15) is 0 Å². The van der Waals surface area contributed by atoms with E-state index >= 15 is 0 Å². The second kappa shape index (κ2) is 18.2. The molecule has 0 unspecified atom stereocenters. The monoisotopic (exact) mass is 746 g/mol. The molecule has 0 bridgehead atoms. The Morgan fingerprint density at radius 2 is 1.29 bits per heavy atom. The van der Waals surface area contributed by atoms with Gasteiger partial charge in [0.05, 0.1) is 24.8 Å². The van der Waals surface area contributed by atoms with Crippen LogP contribution in [-0.2, 0) is 34.8 Å². The lowest BCUT2D eigenvalue weighted by atomic mass is 9.84. The first kappa shape index (κ1) is 41.3. The third-order valence-electron chi connectivity index (χ3n) is 10.2.